The zero-order valence-corrected chi connectivity index (χ0v) is 13.6. The number of pyridine rings is 1. The van der Waals surface area contributed by atoms with Gasteiger partial charge >= 0.3 is 0 Å². The molecule has 0 fully saturated rings. The number of H-pyrrole nitrogens is 1. The molecule has 0 radical (unpaired) electrons. The Labute approximate surface area is 134 Å². The molecule has 0 unspecified atom stereocenters. The summed E-state index contributed by atoms with van der Waals surface area (Å²) in [4.78, 5) is 7.59. The van der Waals surface area contributed by atoms with Crippen molar-refractivity contribution < 1.29 is 0 Å². The first-order valence-corrected chi connectivity index (χ1v) is 7.46. The highest BCUT2D eigenvalue weighted by Gasteiger charge is 2.13. The average molecular weight is 309 g/mol. The molecule has 3 aromatic rings. The molecule has 118 valence electrons. The number of anilines is 3. The maximum Gasteiger partial charge on any atom is 0.143 e. The summed E-state index contributed by atoms with van der Waals surface area (Å²) in [7, 11) is 1.83. The summed E-state index contributed by atoms with van der Waals surface area (Å²) in [5.74, 6) is 0.694. The van der Waals surface area contributed by atoms with Crippen LogP contribution in [0.1, 0.15) is 31.1 Å². The molecule has 7 heteroatoms. The number of nitrogens with one attached hydrogen (secondary N) is 3. The molecule has 3 aromatic heterocycles. The van der Waals surface area contributed by atoms with Crippen LogP contribution in [-0.4, -0.2) is 26.8 Å². The predicted molar refractivity (Wildman–Crippen MR) is 91.0 cm³/mol. The van der Waals surface area contributed by atoms with Crippen LogP contribution >= 0.6 is 0 Å². The number of aromatic nitrogens is 4. The van der Waals surface area contributed by atoms with Crippen molar-refractivity contribution in [3.63, 3.8) is 0 Å². The zero-order valence-electron chi connectivity index (χ0n) is 13.6. The molecule has 0 spiro atoms. The number of aromatic amines is 1. The lowest BCUT2D eigenvalue weighted by molar-refractivity contribution is 0.529. The Morgan fingerprint density at radius 1 is 1.35 bits per heavy atom. The van der Waals surface area contributed by atoms with Gasteiger partial charge in [-0.2, -0.15) is 10.4 Å². The summed E-state index contributed by atoms with van der Waals surface area (Å²) in [5.41, 5.74) is 3.93. The molecule has 0 aliphatic carbocycles. The van der Waals surface area contributed by atoms with Gasteiger partial charge in [-0.05, 0) is 20.8 Å². The fraction of sp³-hybridized carbons (Fsp3) is 0.312. The summed E-state index contributed by atoms with van der Waals surface area (Å²) < 4.78 is 1.91. The van der Waals surface area contributed by atoms with Crippen molar-refractivity contribution in [1.82, 2.24) is 19.7 Å². The SMILES string of the molecule is CNc1cc(Nc2cn(C(C)C)nc2C)nc2[nH]cc(C#N)c12. The van der Waals surface area contributed by atoms with Crippen LogP contribution in [0.25, 0.3) is 11.0 Å². The summed E-state index contributed by atoms with van der Waals surface area (Å²) in [6.45, 7) is 6.13. The standard InChI is InChI=1S/C16H19N7/c1-9(2)23-8-13(10(3)22-23)20-14-5-12(18-4)15-11(6-17)7-19-16(15)21-14/h5,7-9H,1-4H3,(H3,18,19,20,21). The van der Waals surface area contributed by atoms with Gasteiger partial charge in [-0.15, -0.1) is 0 Å². The van der Waals surface area contributed by atoms with Crippen molar-refractivity contribution >= 4 is 28.2 Å². The molecular weight excluding hydrogens is 290 g/mol. The third-order valence-corrected chi connectivity index (χ3v) is 3.74. The van der Waals surface area contributed by atoms with E-state index in [9.17, 15) is 5.26 Å². The van der Waals surface area contributed by atoms with Gasteiger partial charge in [0.1, 0.15) is 17.5 Å². The maximum absolute atomic E-state index is 9.19. The largest absolute Gasteiger partial charge is 0.387 e. The van der Waals surface area contributed by atoms with Crippen LogP contribution in [0, 0.1) is 18.3 Å². The Balaban J connectivity index is 2.03. The second-order valence-corrected chi connectivity index (χ2v) is 5.67. The Hall–Kier alpha value is -3.01. The normalized spacial score (nSPS) is 11.0. The maximum atomic E-state index is 9.19. The van der Waals surface area contributed by atoms with Gasteiger partial charge in [0.2, 0.25) is 0 Å². The van der Waals surface area contributed by atoms with Gasteiger partial charge in [-0.1, -0.05) is 0 Å². The number of hydrogen-bond donors (Lipinski definition) is 3. The third-order valence-electron chi connectivity index (χ3n) is 3.74. The Kier molecular flexibility index (Phi) is 3.66. The topological polar surface area (TPSA) is 94.3 Å². The van der Waals surface area contributed by atoms with Gasteiger partial charge < -0.3 is 15.6 Å². The first-order valence-electron chi connectivity index (χ1n) is 7.46. The number of nitrogens with zero attached hydrogens (tertiary/aromatic N) is 4. The second-order valence-electron chi connectivity index (χ2n) is 5.67. The highest BCUT2D eigenvalue weighted by atomic mass is 15.3. The summed E-state index contributed by atoms with van der Waals surface area (Å²) >= 11 is 0. The molecule has 0 amide bonds. The molecule has 0 saturated carbocycles. The van der Waals surface area contributed by atoms with E-state index in [0.29, 0.717) is 23.1 Å². The Morgan fingerprint density at radius 2 is 2.13 bits per heavy atom. The average Bonchev–Trinajstić information content (AvgIpc) is 3.10. The van der Waals surface area contributed by atoms with Gasteiger partial charge in [-0.3, -0.25) is 4.68 Å². The smallest absolute Gasteiger partial charge is 0.143 e. The highest BCUT2D eigenvalue weighted by Crippen LogP contribution is 2.29. The van der Waals surface area contributed by atoms with E-state index < -0.39 is 0 Å². The molecule has 23 heavy (non-hydrogen) atoms. The Morgan fingerprint density at radius 3 is 2.74 bits per heavy atom. The summed E-state index contributed by atoms with van der Waals surface area (Å²) in [6, 6.07) is 4.37. The number of rotatable bonds is 4. The van der Waals surface area contributed by atoms with E-state index in [2.05, 4.69) is 45.6 Å². The van der Waals surface area contributed by atoms with Crippen LogP contribution in [0.2, 0.25) is 0 Å². The lowest BCUT2D eigenvalue weighted by atomic mass is 10.2. The van der Waals surface area contributed by atoms with Crippen LogP contribution < -0.4 is 10.6 Å². The second kappa shape index (κ2) is 5.65. The fourth-order valence-electron chi connectivity index (χ4n) is 2.49. The molecule has 0 aromatic carbocycles. The minimum absolute atomic E-state index is 0.300. The summed E-state index contributed by atoms with van der Waals surface area (Å²) in [5, 5.41) is 20.9. The molecule has 7 nitrogen and oxygen atoms in total. The molecular formula is C16H19N7. The van der Waals surface area contributed by atoms with E-state index in [-0.39, 0.29) is 0 Å². The molecule has 3 heterocycles. The Bertz CT molecular complexity index is 895. The van der Waals surface area contributed by atoms with Crippen LogP contribution in [-0.2, 0) is 0 Å². The van der Waals surface area contributed by atoms with Gasteiger partial charge in [-0.25, -0.2) is 4.98 Å². The van der Waals surface area contributed by atoms with Crippen LogP contribution in [0.5, 0.6) is 0 Å². The first kappa shape index (κ1) is 14.9. The van der Waals surface area contributed by atoms with Gasteiger partial charge in [0.05, 0.1) is 22.3 Å². The number of hydrogen-bond acceptors (Lipinski definition) is 5. The first-order chi connectivity index (χ1) is 11.0. The lowest BCUT2D eigenvalue weighted by Gasteiger charge is -2.08. The number of nitriles is 1. The highest BCUT2D eigenvalue weighted by molar-refractivity contribution is 5.96. The minimum atomic E-state index is 0.300. The molecule has 0 saturated heterocycles. The molecule has 3 N–H and O–H groups in total. The lowest BCUT2D eigenvalue weighted by Crippen LogP contribution is -2.00. The molecule has 0 bridgehead atoms. The van der Waals surface area contributed by atoms with Crippen LogP contribution in [0.4, 0.5) is 17.2 Å². The van der Waals surface area contributed by atoms with Crippen LogP contribution in [0.15, 0.2) is 18.5 Å². The van der Waals surface area contributed by atoms with Crippen molar-refractivity contribution in [3.05, 3.63) is 29.7 Å². The van der Waals surface area contributed by atoms with Crippen molar-refractivity contribution in [2.24, 2.45) is 0 Å². The molecule has 0 aliphatic heterocycles. The van der Waals surface area contributed by atoms with Gasteiger partial charge in [0.15, 0.2) is 0 Å². The zero-order chi connectivity index (χ0) is 16.6. The van der Waals surface area contributed by atoms with E-state index in [0.717, 1.165) is 22.5 Å². The van der Waals surface area contributed by atoms with Crippen molar-refractivity contribution in [2.75, 3.05) is 17.7 Å². The minimum Gasteiger partial charge on any atom is -0.387 e. The third kappa shape index (κ3) is 2.59. The molecule has 0 aliphatic rings. The predicted octanol–water partition coefficient (Wildman–Crippen LogP) is 3.31. The van der Waals surface area contributed by atoms with Crippen molar-refractivity contribution in [1.29, 1.82) is 5.26 Å². The van der Waals surface area contributed by atoms with E-state index in [1.807, 2.05) is 30.9 Å². The van der Waals surface area contributed by atoms with Crippen molar-refractivity contribution in [2.45, 2.75) is 26.8 Å². The van der Waals surface area contributed by atoms with E-state index in [4.69, 9.17) is 0 Å². The van der Waals surface area contributed by atoms with E-state index in [1.54, 1.807) is 6.20 Å². The summed E-state index contributed by atoms with van der Waals surface area (Å²) in [6.07, 6.45) is 3.64. The monoisotopic (exact) mass is 309 g/mol. The molecule has 3 rings (SSSR count). The van der Waals surface area contributed by atoms with E-state index in [1.165, 1.54) is 0 Å². The molecule has 0 atom stereocenters. The fourth-order valence-corrected chi connectivity index (χ4v) is 2.49. The van der Waals surface area contributed by atoms with Gasteiger partial charge in [0.25, 0.3) is 0 Å². The number of fused-ring (bicyclic) bond motifs is 1. The van der Waals surface area contributed by atoms with Gasteiger partial charge in [0, 0.05) is 37.2 Å². The van der Waals surface area contributed by atoms with Crippen LogP contribution in [0.3, 0.4) is 0 Å². The quantitative estimate of drug-likeness (QED) is 0.687. The van der Waals surface area contributed by atoms with Crippen molar-refractivity contribution in [3.8, 4) is 6.07 Å². The number of aryl methyl sites for hydroxylation is 1. The van der Waals surface area contributed by atoms with E-state index >= 15 is 0 Å².